The molecule has 0 aromatic carbocycles. The molecule has 60 valence electrons. The van der Waals surface area contributed by atoms with Crippen LogP contribution in [0.3, 0.4) is 0 Å². The molecule has 0 aliphatic carbocycles. The van der Waals surface area contributed by atoms with Crippen molar-refractivity contribution in [1.82, 2.24) is 5.32 Å². The van der Waals surface area contributed by atoms with Crippen LogP contribution in [0.1, 0.15) is 20.3 Å². The Kier molecular flexibility index (Phi) is 5.26. The summed E-state index contributed by atoms with van der Waals surface area (Å²) in [7, 11) is 0. The highest BCUT2D eigenvalue weighted by Crippen LogP contribution is 1.92. The van der Waals surface area contributed by atoms with Gasteiger partial charge in [0.1, 0.15) is 0 Å². The molecule has 0 bridgehead atoms. The molecule has 2 N–H and O–H groups in total. The Morgan fingerprint density at radius 2 is 2.10 bits per heavy atom. The van der Waals surface area contributed by atoms with Crippen molar-refractivity contribution >= 4 is 0 Å². The van der Waals surface area contributed by atoms with Gasteiger partial charge < -0.3 is 10.4 Å². The predicted molar refractivity (Wildman–Crippen MR) is 44.0 cm³/mol. The van der Waals surface area contributed by atoms with Gasteiger partial charge in [-0.15, -0.1) is 6.58 Å². The zero-order valence-corrected chi connectivity index (χ0v) is 6.80. The van der Waals surface area contributed by atoms with E-state index < -0.39 is 0 Å². The monoisotopic (exact) mass is 143 g/mol. The van der Waals surface area contributed by atoms with Crippen LogP contribution in [0.2, 0.25) is 0 Å². The lowest BCUT2D eigenvalue weighted by atomic mass is 10.2. The van der Waals surface area contributed by atoms with E-state index >= 15 is 0 Å². The van der Waals surface area contributed by atoms with E-state index in [1.54, 1.807) is 0 Å². The average Bonchev–Trinajstić information content (AvgIpc) is 1.88. The van der Waals surface area contributed by atoms with Gasteiger partial charge in [-0.3, -0.25) is 0 Å². The van der Waals surface area contributed by atoms with Crippen LogP contribution in [0.5, 0.6) is 0 Å². The number of hydrogen-bond acceptors (Lipinski definition) is 2. The highest BCUT2D eigenvalue weighted by Gasteiger charge is 2.02. The first-order valence-electron chi connectivity index (χ1n) is 3.68. The predicted octanol–water partition coefficient (Wildman–Crippen LogP) is 0.921. The fourth-order valence-electron chi connectivity index (χ4n) is 0.856. The van der Waals surface area contributed by atoms with Gasteiger partial charge in [0.15, 0.2) is 0 Å². The Balaban J connectivity index is 3.35. The third-order valence-corrected chi connectivity index (χ3v) is 1.36. The van der Waals surface area contributed by atoms with Crippen molar-refractivity contribution in [3.8, 4) is 0 Å². The van der Waals surface area contributed by atoms with Crippen molar-refractivity contribution in [3.05, 3.63) is 12.7 Å². The normalized spacial score (nSPS) is 16.3. The number of aliphatic hydroxyl groups excluding tert-OH is 1. The Morgan fingerprint density at radius 3 is 2.50 bits per heavy atom. The van der Waals surface area contributed by atoms with E-state index in [9.17, 15) is 0 Å². The smallest absolute Gasteiger partial charge is 0.0582 e. The molecular weight excluding hydrogens is 126 g/mol. The van der Waals surface area contributed by atoms with Crippen LogP contribution in [0.25, 0.3) is 0 Å². The van der Waals surface area contributed by atoms with E-state index in [4.69, 9.17) is 5.11 Å². The molecule has 0 heterocycles. The standard InChI is InChI=1S/C8H17NO/c1-4-5-7(2)9-8(3)6-10/h4,7-10H,1,5-6H2,2-3H3/t7?,8-/m1/s1. The van der Waals surface area contributed by atoms with Gasteiger partial charge in [0.05, 0.1) is 6.61 Å². The molecule has 10 heavy (non-hydrogen) atoms. The summed E-state index contributed by atoms with van der Waals surface area (Å²) in [6.45, 7) is 7.86. The summed E-state index contributed by atoms with van der Waals surface area (Å²) in [4.78, 5) is 0. The van der Waals surface area contributed by atoms with Crippen molar-refractivity contribution in [2.75, 3.05) is 6.61 Å². The minimum atomic E-state index is 0.190. The minimum Gasteiger partial charge on any atom is -0.395 e. The number of hydrogen-bond donors (Lipinski definition) is 2. The van der Waals surface area contributed by atoms with Crippen molar-refractivity contribution < 1.29 is 5.11 Å². The third-order valence-electron chi connectivity index (χ3n) is 1.36. The van der Waals surface area contributed by atoms with Gasteiger partial charge in [-0.25, -0.2) is 0 Å². The van der Waals surface area contributed by atoms with Crippen molar-refractivity contribution in [2.45, 2.75) is 32.4 Å². The lowest BCUT2D eigenvalue weighted by Gasteiger charge is -2.16. The van der Waals surface area contributed by atoms with Crippen LogP contribution >= 0.6 is 0 Å². The lowest BCUT2D eigenvalue weighted by molar-refractivity contribution is 0.243. The fourth-order valence-corrected chi connectivity index (χ4v) is 0.856. The fraction of sp³-hybridized carbons (Fsp3) is 0.750. The Bertz CT molecular complexity index is 93.3. The SMILES string of the molecule is C=CCC(C)N[C@H](C)CO. The summed E-state index contributed by atoms with van der Waals surface area (Å²) in [6.07, 6.45) is 2.83. The van der Waals surface area contributed by atoms with Gasteiger partial charge in [0.25, 0.3) is 0 Å². The zero-order chi connectivity index (χ0) is 7.98. The first-order valence-corrected chi connectivity index (χ1v) is 3.68. The molecule has 0 aliphatic heterocycles. The summed E-state index contributed by atoms with van der Waals surface area (Å²) >= 11 is 0. The molecule has 0 aromatic rings. The largest absolute Gasteiger partial charge is 0.395 e. The topological polar surface area (TPSA) is 32.3 Å². The second-order valence-electron chi connectivity index (χ2n) is 2.68. The summed E-state index contributed by atoms with van der Waals surface area (Å²) < 4.78 is 0. The molecule has 1 unspecified atom stereocenters. The lowest BCUT2D eigenvalue weighted by Crippen LogP contribution is -2.36. The highest BCUT2D eigenvalue weighted by molar-refractivity contribution is 4.76. The molecule has 0 aliphatic rings. The minimum absolute atomic E-state index is 0.190. The van der Waals surface area contributed by atoms with Crippen LogP contribution in [0.15, 0.2) is 12.7 Å². The number of nitrogens with one attached hydrogen (secondary N) is 1. The maximum absolute atomic E-state index is 8.66. The maximum atomic E-state index is 8.66. The van der Waals surface area contributed by atoms with Gasteiger partial charge in [0.2, 0.25) is 0 Å². The quantitative estimate of drug-likeness (QED) is 0.561. The first kappa shape index (κ1) is 9.66. The van der Waals surface area contributed by atoms with Crippen LogP contribution < -0.4 is 5.32 Å². The molecule has 0 fully saturated rings. The van der Waals surface area contributed by atoms with E-state index in [1.165, 1.54) is 0 Å². The maximum Gasteiger partial charge on any atom is 0.0582 e. The van der Waals surface area contributed by atoms with E-state index in [0.717, 1.165) is 6.42 Å². The first-order chi connectivity index (χ1) is 4.70. The van der Waals surface area contributed by atoms with E-state index in [1.807, 2.05) is 13.0 Å². The summed E-state index contributed by atoms with van der Waals surface area (Å²) in [6, 6.07) is 0.606. The van der Waals surface area contributed by atoms with Gasteiger partial charge >= 0.3 is 0 Å². The molecule has 0 saturated carbocycles. The summed E-state index contributed by atoms with van der Waals surface area (Å²) in [5.41, 5.74) is 0. The number of rotatable bonds is 5. The second kappa shape index (κ2) is 5.45. The van der Waals surface area contributed by atoms with Crippen LogP contribution in [0.4, 0.5) is 0 Å². The van der Waals surface area contributed by atoms with Crippen LogP contribution in [-0.4, -0.2) is 23.8 Å². The van der Waals surface area contributed by atoms with Gasteiger partial charge in [-0.05, 0) is 20.3 Å². The third kappa shape index (κ3) is 4.53. The van der Waals surface area contributed by atoms with E-state index in [-0.39, 0.29) is 12.6 Å². The van der Waals surface area contributed by atoms with Gasteiger partial charge in [-0.1, -0.05) is 6.08 Å². The Labute approximate surface area is 62.9 Å². The van der Waals surface area contributed by atoms with Gasteiger partial charge in [-0.2, -0.15) is 0 Å². The Morgan fingerprint density at radius 1 is 1.50 bits per heavy atom. The molecule has 2 atom stereocenters. The molecular formula is C8H17NO. The van der Waals surface area contributed by atoms with Gasteiger partial charge in [0, 0.05) is 12.1 Å². The summed E-state index contributed by atoms with van der Waals surface area (Å²) in [5, 5.41) is 11.9. The van der Waals surface area contributed by atoms with Crippen molar-refractivity contribution in [2.24, 2.45) is 0 Å². The van der Waals surface area contributed by atoms with E-state index in [0.29, 0.717) is 6.04 Å². The molecule has 0 saturated heterocycles. The average molecular weight is 143 g/mol. The molecule has 0 aromatic heterocycles. The van der Waals surface area contributed by atoms with Crippen molar-refractivity contribution in [1.29, 1.82) is 0 Å². The molecule has 0 amide bonds. The molecule has 2 heteroatoms. The van der Waals surface area contributed by atoms with E-state index in [2.05, 4.69) is 18.8 Å². The van der Waals surface area contributed by atoms with Crippen LogP contribution in [0, 0.1) is 0 Å². The van der Waals surface area contributed by atoms with Crippen molar-refractivity contribution in [3.63, 3.8) is 0 Å². The molecule has 0 spiro atoms. The summed E-state index contributed by atoms with van der Waals surface area (Å²) in [5.74, 6) is 0. The molecule has 0 rings (SSSR count). The number of aliphatic hydroxyl groups is 1. The molecule has 2 nitrogen and oxygen atoms in total. The highest BCUT2D eigenvalue weighted by atomic mass is 16.3. The Hall–Kier alpha value is -0.340. The molecule has 0 radical (unpaired) electrons. The van der Waals surface area contributed by atoms with Crippen LogP contribution in [-0.2, 0) is 0 Å². The second-order valence-corrected chi connectivity index (χ2v) is 2.68. The zero-order valence-electron chi connectivity index (χ0n) is 6.80.